The van der Waals surface area contributed by atoms with Crippen molar-refractivity contribution in [1.82, 2.24) is 13.9 Å². The zero-order chi connectivity index (χ0) is 22.5. The van der Waals surface area contributed by atoms with Crippen molar-refractivity contribution in [2.45, 2.75) is 11.8 Å². The monoisotopic (exact) mass is 442 g/mol. The fourth-order valence-electron chi connectivity index (χ4n) is 3.86. The van der Waals surface area contributed by atoms with Crippen LogP contribution in [-0.2, 0) is 10.0 Å². The van der Waals surface area contributed by atoms with E-state index in [1.54, 1.807) is 49.7 Å². The lowest BCUT2D eigenvalue weighted by molar-refractivity contribution is 0.415. The van der Waals surface area contributed by atoms with Gasteiger partial charge in [0.2, 0.25) is 0 Å². The van der Waals surface area contributed by atoms with E-state index in [2.05, 4.69) is 16.0 Å². The third kappa shape index (κ3) is 2.94. The number of pyridine rings is 1. The second kappa shape index (κ2) is 7.25. The van der Waals surface area contributed by atoms with Crippen LogP contribution in [0.2, 0.25) is 0 Å². The molecule has 0 bridgehead atoms. The van der Waals surface area contributed by atoms with E-state index in [0.29, 0.717) is 28.0 Å². The van der Waals surface area contributed by atoms with E-state index < -0.39 is 10.0 Å². The molecule has 0 spiro atoms. The summed E-state index contributed by atoms with van der Waals surface area (Å²) in [6.45, 7) is 1.90. The molecule has 158 valence electrons. The molecular weight excluding hydrogens is 424 g/mol. The van der Waals surface area contributed by atoms with Crippen LogP contribution in [0.1, 0.15) is 11.1 Å². The van der Waals surface area contributed by atoms with Crippen molar-refractivity contribution in [3.8, 4) is 23.1 Å². The first-order valence-corrected chi connectivity index (χ1v) is 11.3. The Labute approximate surface area is 184 Å². The zero-order valence-electron chi connectivity index (χ0n) is 17.3. The summed E-state index contributed by atoms with van der Waals surface area (Å²) in [5.41, 5.74) is 3.42. The number of aryl methyl sites for hydroxylation is 1. The SMILES string of the molecule is COc1ccc2[nH]cc(-c3cc4c(C#N)ccnc4n3S(=O)(=O)c3ccc(C)cc3)c2c1. The van der Waals surface area contributed by atoms with Crippen LogP contribution in [0.5, 0.6) is 5.75 Å². The van der Waals surface area contributed by atoms with Crippen molar-refractivity contribution in [2.75, 3.05) is 7.11 Å². The van der Waals surface area contributed by atoms with Gasteiger partial charge in [-0.25, -0.2) is 17.4 Å². The Morgan fingerprint density at radius 3 is 2.56 bits per heavy atom. The van der Waals surface area contributed by atoms with Gasteiger partial charge in [0.05, 0.1) is 29.3 Å². The predicted octanol–water partition coefficient (Wildman–Crippen LogP) is 4.61. The lowest BCUT2D eigenvalue weighted by Crippen LogP contribution is -2.14. The number of nitrogens with one attached hydrogen (secondary N) is 1. The minimum atomic E-state index is -4.01. The summed E-state index contributed by atoms with van der Waals surface area (Å²) in [5.74, 6) is 0.651. The highest BCUT2D eigenvalue weighted by Crippen LogP contribution is 2.37. The molecule has 3 aromatic heterocycles. The smallest absolute Gasteiger partial charge is 0.269 e. The molecule has 0 saturated heterocycles. The van der Waals surface area contributed by atoms with Gasteiger partial charge in [-0.15, -0.1) is 0 Å². The Kier molecular flexibility index (Phi) is 4.50. The number of H-pyrrole nitrogens is 1. The van der Waals surface area contributed by atoms with Crippen molar-refractivity contribution in [3.05, 3.63) is 78.1 Å². The summed E-state index contributed by atoms with van der Waals surface area (Å²) in [5, 5.41) is 10.9. The predicted molar refractivity (Wildman–Crippen MR) is 122 cm³/mol. The lowest BCUT2D eigenvalue weighted by Gasteiger charge is -2.12. The van der Waals surface area contributed by atoms with Gasteiger partial charge in [0.1, 0.15) is 5.75 Å². The topological polar surface area (TPSA) is 101 Å². The number of nitrogens with zero attached hydrogens (tertiary/aromatic N) is 3. The van der Waals surface area contributed by atoms with E-state index in [1.165, 1.54) is 10.2 Å². The maximum absolute atomic E-state index is 13.8. The van der Waals surface area contributed by atoms with E-state index >= 15 is 0 Å². The van der Waals surface area contributed by atoms with Gasteiger partial charge in [0, 0.05) is 34.2 Å². The average Bonchev–Trinajstić information content (AvgIpc) is 3.40. The summed E-state index contributed by atoms with van der Waals surface area (Å²) in [6, 6.07) is 17.6. The van der Waals surface area contributed by atoms with Crippen molar-refractivity contribution in [3.63, 3.8) is 0 Å². The number of hydrogen-bond acceptors (Lipinski definition) is 5. The summed E-state index contributed by atoms with van der Waals surface area (Å²) in [7, 11) is -2.43. The van der Waals surface area contributed by atoms with Crippen LogP contribution >= 0.6 is 0 Å². The Morgan fingerprint density at radius 1 is 1.06 bits per heavy atom. The standard InChI is InChI=1S/C24H18N4O3S/c1-15-3-6-18(7-4-15)32(29,30)28-23(12-19-16(13-25)9-10-26-24(19)28)21-14-27-22-8-5-17(31-2)11-20(21)22/h3-12,14,27H,1-2H3. The molecule has 0 aliphatic heterocycles. The van der Waals surface area contributed by atoms with Crippen molar-refractivity contribution < 1.29 is 13.2 Å². The minimum Gasteiger partial charge on any atom is -0.497 e. The molecule has 8 heteroatoms. The van der Waals surface area contributed by atoms with Crippen LogP contribution < -0.4 is 4.74 Å². The summed E-state index contributed by atoms with van der Waals surface area (Å²) < 4.78 is 34.2. The first kappa shape index (κ1) is 19.8. The maximum atomic E-state index is 13.8. The number of hydrogen-bond donors (Lipinski definition) is 1. The van der Waals surface area contributed by atoms with Crippen molar-refractivity contribution >= 4 is 32.0 Å². The number of nitriles is 1. The minimum absolute atomic E-state index is 0.142. The quantitative estimate of drug-likeness (QED) is 0.438. The van der Waals surface area contributed by atoms with Gasteiger partial charge in [-0.1, -0.05) is 17.7 Å². The zero-order valence-corrected chi connectivity index (χ0v) is 18.1. The van der Waals surface area contributed by atoms with Gasteiger partial charge in [-0.3, -0.25) is 0 Å². The molecule has 0 radical (unpaired) electrons. The van der Waals surface area contributed by atoms with Crippen molar-refractivity contribution in [2.24, 2.45) is 0 Å². The van der Waals surface area contributed by atoms with E-state index in [0.717, 1.165) is 16.5 Å². The highest BCUT2D eigenvalue weighted by atomic mass is 32.2. The van der Waals surface area contributed by atoms with E-state index in [9.17, 15) is 13.7 Å². The van der Waals surface area contributed by atoms with Crippen LogP contribution in [0.15, 0.2) is 71.9 Å². The number of ether oxygens (including phenoxy) is 1. The number of rotatable bonds is 4. The average molecular weight is 443 g/mol. The van der Waals surface area contributed by atoms with Crippen LogP contribution in [0.4, 0.5) is 0 Å². The fourth-order valence-corrected chi connectivity index (χ4v) is 5.33. The van der Waals surface area contributed by atoms with Gasteiger partial charge in [0.15, 0.2) is 5.65 Å². The molecule has 0 amide bonds. The fraction of sp³-hybridized carbons (Fsp3) is 0.0833. The summed E-state index contributed by atoms with van der Waals surface area (Å²) in [6.07, 6.45) is 3.20. The molecule has 5 aromatic rings. The molecular formula is C24H18N4O3S. The van der Waals surface area contributed by atoms with E-state index in [4.69, 9.17) is 4.74 Å². The second-order valence-electron chi connectivity index (χ2n) is 7.43. The van der Waals surface area contributed by atoms with E-state index in [-0.39, 0.29) is 10.5 Å². The molecule has 5 rings (SSSR count). The van der Waals surface area contributed by atoms with Gasteiger partial charge < -0.3 is 9.72 Å². The summed E-state index contributed by atoms with van der Waals surface area (Å²) >= 11 is 0. The normalized spacial score (nSPS) is 11.7. The maximum Gasteiger partial charge on any atom is 0.269 e. The highest BCUT2D eigenvalue weighted by Gasteiger charge is 2.27. The Hall–Kier alpha value is -4.09. The van der Waals surface area contributed by atoms with Gasteiger partial charge in [-0.2, -0.15) is 5.26 Å². The Morgan fingerprint density at radius 2 is 1.84 bits per heavy atom. The number of fused-ring (bicyclic) bond motifs is 2. The third-order valence-corrected chi connectivity index (χ3v) is 7.22. The number of benzene rings is 2. The van der Waals surface area contributed by atoms with Gasteiger partial charge in [-0.05, 0) is 49.4 Å². The molecule has 0 aliphatic rings. The number of methoxy groups -OCH3 is 1. The van der Waals surface area contributed by atoms with E-state index in [1.807, 2.05) is 25.1 Å². The highest BCUT2D eigenvalue weighted by molar-refractivity contribution is 7.90. The number of aromatic nitrogens is 3. The lowest BCUT2D eigenvalue weighted by atomic mass is 10.1. The van der Waals surface area contributed by atoms with Gasteiger partial charge >= 0.3 is 0 Å². The molecule has 0 aliphatic carbocycles. The molecule has 0 unspecified atom stereocenters. The van der Waals surface area contributed by atoms with Crippen LogP contribution in [0.25, 0.3) is 33.2 Å². The Balaban J connectivity index is 1.89. The van der Waals surface area contributed by atoms with Crippen LogP contribution in [0.3, 0.4) is 0 Å². The van der Waals surface area contributed by atoms with Crippen molar-refractivity contribution in [1.29, 1.82) is 5.26 Å². The molecule has 1 N–H and O–H groups in total. The summed E-state index contributed by atoms with van der Waals surface area (Å²) in [4.78, 5) is 7.67. The molecule has 7 nitrogen and oxygen atoms in total. The van der Waals surface area contributed by atoms with Gasteiger partial charge in [0.25, 0.3) is 10.0 Å². The molecule has 2 aromatic carbocycles. The van der Waals surface area contributed by atoms with Crippen LogP contribution in [-0.4, -0.2) is 29.5 Å². The first-order chi connectivity index (χ1) is 15.4. The molecule has 0 atom stereocenters. The molecule has 0 saturated carbocycles. The second-order valence-corrected chi connectivity index (χ2v) is 9.22. The first-order valence-electron chi connectivity index (χ1n) is 9.82. The molecule has 32 heavy (non-hydrogen) atoms. The largest absolute Gasteiger partial charge is 0.497 e. The number of aromatic amines is 1. The third-order valence-electron chi connectivity index (χ3n) is 5.51. The van der Waals surface area contributed by atoms with Crippen LogP contribution in [0, 0.1) is 18.3 Å². The molecule has 0 fully saturated rings. The molecule has 3 heterocycles. The Bertz CT molecular complexity index is 1640.